The van der Waals surface area contributed by atoms with Crippen molar-refractivity contribution < 1.29 is 19.1 Å². The zero-order valence-corrected chi connectivity index (χ0v) is 19.8. The Morgan fingerprint density at radius 3 is 2.33 bits per heavy atom. The number of carbonyl (C=O) groups excluding carboxylic acids is 2. The SMILES string of the molecule is CCOCCCN[C@@H](C(=O)Nc1scc(-c2ccccc2)c1C(=O)OCC)c1ccccc1. The summed E-state index contributed by atoms with van der Waals surface area (Å²) in [7, 11) is 0. The molecular weight excluding hydrogens is 436 g/mol. The second-order valence-electron chi connectivity index (χ2n) is 7.28. The molecule has 174 valence electrons. The number of nitrogens with one attached hydrogen (secondary N) is 2. The van der Waals surface area contributed by atoms with E-state index in [1.807, 2.05) is 73.0 Å². The highest BCUT2D eigenvalue weighted by molar-refractivity contribution is 7.15. The van der Waals surface area contributed by atoms with Crippen LogP contribution in [0.2, 0.25) is 0 Å². The predicted molar refractivity (Wildman–Crippen MR) is 133 cm³/mol. The van der Waals surface area contributed by atoms with Crippen LogP contribution in [0.5, 0.6) is 0 Å². The highest BCUT2D eigenvalue weighted by Gasteiger charge is 2.26. The first-order chi connectivity index (χ1) is 16.2. The number of anilines is 1. The minimum atomic E-state index is -0.565. The average Bonchev–Trinajstić information content (AvgIpc) is 3.26. The lowest BCUT2D eigenvalue weighted by molar-refractivity contribution is -0.118. The molecule has 2 N–H and O–H groups in total. The zero-order valence-electron chi connectivity index (χ0n) is 19.0. The second kappa shape index (κ2) is 12.9. The summed E-state index contributed by atoms with van der Waals surface area (Å²) in [5, 5.41) is 8.66. The molecule has 2 aromatic carbocycles. The molecular formula is C26H30N2O4S. The maximum atomic E-state index is 13.4. The van der Waals surface area contributed by atoms with E-state index in [1.54, 1.807) is 6.92 Å². The van der Waals surface area contributed by atoms with Crippen LogP contribution >= 0.6 is 11.3 Å². The Balaban J connectivity index is 1.85. The lowest BCUT2D eigenvalue weighted by atomic mass is 10.0. The first kappa shape index (κ1) is 24.6. The van der Waals surface area contributed by atoms with Crippen LogP contribution in [-0.4, -0.2) is 38.2 Å². The molecule has 1 atom stereocenters. The van der Waals surface area contributed by atoms with Crippen molar-refractivity contribution in [3.63, 3.8) is 0 Å². The molecule has 6 nitrogen and oxygen atoms in total. The largest absolute Gasteiger partial charge is 0.462 e. The highest BCUT2D eigenvalue weighted by atomic mass is 32.1. The van der Waals surface area contributed by atoms with Crippen molar-refractivity contribution in [1.82, 2.24) is 5.32 Å². The van der Waals surface area contributed by atoms with Crippen LogP contribution in [-0.2, 0) is 14.3 Å². The van der Waals surface area contributed by atoms with Gasteiger partial charge in [-0.3, -0.25) is 4.79 Å². The lowest BCUT2D eigenvalue weighted by Crippen LogP contribution is -2.34. The van der Waals surface area contributed by atoms with Crippen molar-refractivity contribution in [3.05, 3.63) is 77.2 Å². The Morgan fingerprint density at radius 2 is 1.67 bits per heavy atom. The van der Waals surface area contributed by atoms with E-state index in [0.29, 0.717) is 30.3 Å². The molecule has 0 fully saturated rings. The van der Waals surface area contributed by atoms with Crippen molar-refractivity contribution in [3.8, 4) is 11.1 Å². The van der Waals surface area contributed by atoms with Gasteiger partial charge in [-0.2, -0.15) is 0 Å². The van der Waals surface area contributed by atoms with Gasteiger partial charge in [0.25, 0.3) is 0 Å². The van der Waals surface area contributed by atoms with Crippen LogP contribution in [0.25, 0.3) is 11.1 Å². The Morgan fingerprint density at radius 1 is 0.970 bits per heavy atom. The van der Waals surface area contributed by atoms with E-state index in [2.05, 4.69) is 10.6 Å². The van der Waals surface area contributed by atoms with E-state index in [9.17, 15) is 9.59 Å². The lowest BCUT2D eigenvalue weighted by Gasteiger charge is -2.19. The van der Waals surface area contributed by atoms with Gasteiger partial charge in [0, 0.05) is 24.2 Å². The molecule has 3 aromatic rings. The van der Waals surface area contributed by atoms with E-state index in [1.165, 1.54) is 11.3 Å². The Hall–Kier alpha value is -3.00. The molecule has 0 spiro atoms. The van der Waals surface area contributed by atoms with E-state index in [-0.39, 0.29) is 12.5 Å². The third-order valence-electron chi connectivity index (χ3n) is 5.01. The van der Waals surface area contributed by atoms with E-state index >= 15 is 0 Å². The number of esters is 1. The molecule has 0 saturated heterocycles. The van der Waals surface area contributed by atoms with Crippen molar-refractivity contribution in [2.45, 2.75) is 26.3 Å². The van der Waals surface area contributed by atoms with Gasteiger partial charge in [0.1, 0.15) is 16.6 Å². The smallest absolute Gasteiger partial charge is 0.341 e. The first-order valence-electron chi connectivity index (χ1n) is 11.2. The fourth-order valence-corrected chi connectivity index (χ4v) is 4.40. The highest BCUT2D eigenvalue weighted by Crippen LogP contribution is 2.36. The zero-order chi connectivity index (χ0) is 23.5. The Labute approximate surface area is 198 Å². The summed E-state index contributed by atoms with van der Waals surface area (Å²) in [6.45, 7) is 5.90. The molecule has 0 unspecified atom stereocenters. The number of carbonyl (C=O) groups is 2. The van der Waals surface area contributed by atoms with Gasteiger partial charge in [-0.05, 0) is 37.9 Å². The number of amides is 1. The number of benzene rings is 2. The van der Waals surface area contributed by atoms with Crippen molar-refractivity contribution in [1.29, 1.82) is 0 Å². The quantitative estimate of drug-likeness (QED) is 0.280. The summed E-state index contributed by atoms with van der Waals surface area (Å²) < 4.78 is 10.7. The summed E-state index contributed by atoms with van der Waals surface area (Å²) in [6.07, 6.45) is 0.787. The van der Waals surface area contributed by atoms with Crippen LogP contribution in [0.15, 0.2) is 66.0 Å². The van der Waals surface area contributed by atoms with Gasteiger partial charge >= 0.3 is 5.97 Å². The summed E-state index contributed by atoms with van der Waals surface area (Å²) in [4.78, 5) is 26.2. The van der Waals surface area contributed by atoms with Crippen LogP contribution < -0.4 is 10.6 Å². The number of ether oxygens (including phenoxy) is 2. The molecule has 0 aliphatic carbocycles. The van der Waals surface area contributed by atoms with Gasteiger partial charge in [0.05, 0.1) is 6.61 Å². The molecule has 3 rings (SSSR count). The molecule has 0 saturated carbocycles. The van der Waals surface area contributed by atoms with Gasteiger partial charge in [-0.1, -0.05) is 60.7 Å². The van der Waals surface area contributed by atoms with Crippen molar-refractivity contribution in [2.75, 3.05) is 31.7 Å². The second-order valence-corrected chi connectivity index (χ2v) is 8.16. The predicted octanol–water partition coefficient (Wildman–Crippen LogP) is 5.29. The normalized spacial score (nSPS) is 11.7. The third kappa shape index (κ3) is 6.74. The van der Waals surface area contributed by atoms with Crippen LogP contribution in [0.3, 0.4) is 0 Å². The Bertz CT molecular complexity index is 1020. The third-order valence-corrected chi connectivity index (χ3v) is 5.90. The summed E-state index contributed by atoms with van der Waals surface area (Å²) in [5.41, 5.74) is 2.87. The average molecular weight is 467 g/mol. The fraction of sp³-hybridized carbons (Fsp3) is 0.308. The molecule has 0 aliphatic rings. The molecule has 0 radical (unpaired) electrons. The molecule has 0 aliphatic heterocycles. The standard InChI is InChI=1S/C26H30N2O4S/c1-3-31-17-11-16-27-23(20-14-9-6-10-15-20)24(29)28-25-22(26(30)32-4-2)21(18-33-25)19-12-7-5-8-13-19/h5-10,12-15,18,23,27H,3-4,11,16-17H2,1-2H3,(H,28,29)/t23-/m1/s1. The van der Waals surface area contributed by atoms with Gasteiger partial charge in [0.15, 0.2) is 0 Å². The van der Waals surface area contributed by atoms with Gasteiger partial charge in [-0.25, -0.2) is 4.79 Å². The summed E-state index contributed by atoms with van der Waals surface area (Å²) in [6, 6.07) is 18.6. The van der Waals surface area contributed by atoms with E-state index < -0.39 is 12.0 Å². The van der Waals surface area contributed by atoms with Crippen LogP contribution in [0.4, 0.5) is 5.00 Å². The minimum Gasteiger partial charge on any atom is -0.462 e. The number of hydrogen-bond acceptors (Lipinski definition) is 6. The molecule has 1 aromatic heterocycles. The number of thiophene rings is 1. The molecule has 1 amide bonds. The van der Waals surface area contributed by atoms with Crippen molar-refractivity contribution >= 4 is 28.2 Å². The van der Waals surface area contributed by atoms with Gasteiger partial charge < -0.3 is 20.1 Å². The molecule has 0 bridgehead atoms. The van der Waals surface area contributed by atoms with Crippen LogP contribution in [0, 0.1) is 0 Å². The van der Waals surface area contributed by atoms with Crippen LogP contribution in [0.1, 0.15) is 42.2 Å². The van der Waals surface area contributed by atoms with E-state index in [0.717, 1.165) is 23.1 Å². The maximum Gasteiger partial charge on any atom is 0.341 e. The minimum absolute atomic E-state index is 0.232. The fourth-order valence-electron chi connectivity index (χ4n) is 3.44. The number of hydrogen-bond donors (Lipinski definition) is 2. The van der Waals surface area contributed by atoms with E-state index in [4.69, 9.17) is 9.47 Å². The molecule has 7 heteroatoms. The van der Waals surface area contributed by atoms with Gasteiger partial charge in [-0.15, -0.1) is 11.3 Å². The Kier molecular flexibility index (Phi) is 9.62. The maximum absolute atomic E-state index is 13.4. The van der Waals surface area contributed by atoms with Gasteiger partial charge in [0.2, 0.25) is 5.91 Å². The first-order valence-corrected chi connectivity index (χ1v) is 12.0. The van der Waals surface area contributed by atoms with Crippen molar-refractivity contribution in [2.24, 2.45) is 0 Å². The molecule has 33 heavy (non-hydrogen) atoms. The summed E-state index contributed by atoms with van der Waals surface area (Å²) in [5.74, 6) is -0.682. The molecule has 1 heterocycles. The number of rotatable bonds is 12. The summed E-state index contributed by atoms with van der Waals surface area (Å²) >= 11 is 1.32. The monoisotopic (exact) mass is 466 g/mol. The topological polar surface area (TPSA) is 76.7 Å².